The minimum Gasteiger partial charge on any atom is -0.494 e. The predicted molar refractivity (Wildman–Crippen MR) is 110 cm³/mol. The van der Waals surface area contributed by atoms with Crippen molar-refractivity contribution in [1.82, 2.24) is 0 Å². The number of hydrogen-bond donors (Lipinski definition) is 2. The summed E-state index contributed by atoms with van der Waals surface area (Å²) in [6, 6.07) is 10.1. The Labute approximate surface area is 154 Å². The average Bonchev–Trinajstić information content (AvgIpc) is 2.96. The highest BCUT2D eigenvalue weighted by Gasteiger charge is 2.03. The number of anilines is 2. The van der Waals surface area contributed by atoms with Crippen molar-refractivity contribution in [2.45, 2.75) is 40.0 Å². The van der Waals surface area contributed by atoms with E-state index in [-0.39, 0.29) is 0 Å². The number of hydrogen-bond acceptors (Lipinski definition) is 3. The molecule has 24 heavy (non-hydrogen) atoms. The molecule has 3 nitrogen and oxygen atoms in total. The van der Waals surface area contributed by atoms with Gasteiger partial charge in [0, 0.05) is 5.69 Å². The third-order valence-electron chi connectivity index (χ3n) is 3.51. The summed E-state index contributed by atoms with van der Waals surface area (Å²) in [5, 5.41) is 10.3. The van der Waals surface area contributed by atoms with Gasteiger partial charge in [-0.25, -0.2) is 0 Å². The summed E-state index contributed by atoms with van der Waals surface area (Å²) in [7, 11) is 0. The molecule has 5 heteroatoms. The minimum absolute atomic E-state index is 0.605. The normalized spacial score (nSPS) is 10.7. The molecule has 1 aromatic heterocycles. The van der Waals surface area contributed by atoms with Gasteiger partial charge in [-0.05, 0) is 72.3 Å². The highest BCUT2D eigenvalue weighted by Crippen LogP contribution is 2.22. The molecule has 0 spiro atoms. The van der Waals surface area contributed by atoms with Crippen LogP contribution in [0.15, 0.2) is 35.7 Å². The van der Waals surface area contributed by atoms with Gasteiger partial charge in [-0.3, -0.25) is 0 Å². The van der Waals surface area contributed by atoms with Crippen LogP contribution in [0.3, 0.4) is 0 Å². The summed E-state index contributed by atoms with van der Waals surface area (Å²) in [6.07, 6.45) is 3.33. The molecule has 2 aromatic rings. The van der Waals surface area contributed by atoms with Gasteiger partial charge in [0.05, 0.1) is 11.6 Å². The van der Waals surface area contributed by atoms with E-state index in [2.05, 4.69) is 42.9 Å². The van der Waals surface area contributed by atoms with Gasteiger partial charge in [-0.1, -0.05) is 27.2 Å². The second-order valence-electron chi connectivity index (χ2n) is 6.20. The third-order valence-corrected chi connectivity index (χ3v) is 4.60. The van der Waals surface area contributed by atoms with Crippen molar-refractivity contribution in [1.29, 1.82) is 0 Å². The molecule has 0 radical (unpaired) electrons. The lowest BCUT2D eigenvalue weighted by atomic mass is 10.1. The fourth-order valence-electron chi connectivity index (χ4n) is 2.18. The quantitative estimate of drug-likeness (QED) is 0.570. The van der Waals surface area contributed by atoms with Crippen molar-refractivity contribution in [2.24, 2.45) is 5.92 Å². The van der Waals surface area contributed by atoms with Crippen LogP contribution in [0.1, 0.15) is 39.2 Å². The topological polar surface area (TPSA) is 33.3 Å². The number of benzene rings is 1. The zero-order valence-electron chi connectivity index (χ0n) is 14.6. The number of rotatable bonds is 8. The van der Waals surface area contributed by atoms with E-state index in [0.29, 0.717) is 11.0 Å². The van der Waals surface area contributed by atoms with Crippen LogP contribution in [-0.4, -0.2) is 11.7 Å². The zero-order chi connectivity index (χ0) is 17.4. The molecule has 0 aliphatic carbocycles. The number of ether oxygens (including phenoxy) is 1. The van der Waals surface area contributed by atoms with Crippen LogP contribution in [0.25, 0.3) is 0 Å². The maximum absolute atomic E-state index is 5.72. The van der Waals surface area contributed by atoms with Gasteiger partial charge in [0.25, 0.3) is 0 Å². The van der Waals surface area contributed by atoms with Gasteiger partial charge in [-0.15, -0.1) is 11.3 Å². The molecule has 2 N–H and O–H groups in total. The lowest BCUT2D eigenvalue weighted by molar-refractivity contribution is 0.289. The highest BCUT2D eigenvalue weighted by atomic mass is 32.1. The Hall–Kier alpha value is -1.59. The summed E-state index contributed by atoms with van der Waals surface area (Å²) < 4.78 is 5.72. The molecule has 0 saturated carbocycles. The molecule has 0 saturated heterocycles. The molecule has 1 heterocycles. The molecule has 0 bridgehead atoms. The first-order valence-corrected chi connectivity index (χ1v) is 9.74. The predicted octanol–water partition coefficient (Wildman–Crippen LogP) is 5.93. The van der Waals surface area contributed by atoms with Crippen molar-refractivity contribution in [2.75, 3.05) is 17.2 Å². The summed E-state index contributed by atoms with van der Waals surface area (Å²) in [5.41, 5.74) is 2.31. The van der Waals surface area contributed by atoms with Crippen LogP contribution in [0.4, 0.5) is 10.7 Å². The Morgan fingerprint density at radius 3 is 2.62 bits per heavy atom. The largest absolute Gasteiger partial charge is 0.494 e. The summed E-state index contributed by atoms with van der Waals surface area (Å²) in [4.78, 5) is 0. The fraction of sp³-hybridized carbons (Fsp3) is 0.421. The Morgan fingerprint density at radius 2 is 1.96 bits per heavy atom. The van der Waals surface area contributed by atoms with Crippen LogP contribution < -0.4 is 15.4 Å². The monoisotopic (exact) mass is 362 g/mol. The molecule has 0 amide bonds. The smallest absolute Gasteiger partial charge is 0.175 e. The van der Waals surface area contributed by atoms with E-state index in [4.69, 9.17) is 17.0 Å². The van der Waals surface area contributed by atoms with Crippen molar-refractivity contribution in [3.63, 3.8) is 0 Å². The van der Waals surface area contributed by atoms with Crippen LogP contribution in [0, 0.1) is 5.92 Å². The Kier molecular flexibility index (Phi) is 7.53. The lowest BCUT2D eigenvalue weighted by Gasteiger charge is -2.11. The molecule has 0 fully saturated rings. The van der Waals surface area contributed by atoms with Crippen LogP contribution in [-0.2, 0) is 6.42 Å². The molecule has 2 rings (SSSR count). The minimum atomic E-state index is 0.605. The Bertz CT molecular complexity index is 635. The number of thiocarbonyl (C=S) groups is 1. The molecule has 1 aromatic carbocycles. The van der Waals surface area contributed by atoms with E-state index >= 15 is 0 Å². The van der Waals surface area contributed by atoms with Crippen molar-refractivity contribution >= 4 is 39.4 Å². The van der Waals surface area contributed by atoms with Crippen molar-refractivity contribution in [3.8, 4) is 5.75 Å². The van der Waals surface area contributed by atoms with Crippen molar-refractivity contribution in [3.05, 3.63) is 41.3 Å². The molecular formula is C19H26N2OS2. The van der Waals surface area contributed by atoms with Gasteiger partial charge in [0.2, 0.25) is 0 Å². The van der Waals surface area contributed by atoms with Crippen molar-refractivity contribution < 1.29 is 4.74 Å². The first-order valence-electron chi connectivity index (χ1n) is 8.45. The number of thiophene rings is 1. The van der Waals surface area contributed by atoms with E-state index in [1.807, 2.05) is 24.3 Å². The molecule has 0 aliphatic rings. The van der Waals surface area contributed by atoms with E-state index in [1.165, 1.54) is 5.56 Å². The molecule has 130 valence electrons. The summed E-state index contributed by atoms with van der Waals surface area (Å²) >= 11 is 7.06. The Morgan fingerprint density at radius 1 is 1.21 bits per heavy atom. The maximum Gasteiger partial charge on any atom is 0.175 e. The molecule has 0 unspecified atom stereocenters. The zero-order valence-corrected chi connectivity index (χ0v) is 16.2. The van der Waals surface area contributed by atoms with E-state index < -0.39 is 0 Å². The molecule has 0 aliphatic heterocycles. The average molecular weight is 363 g/mol. The third kappa shape index (κ3) is 6.49. The van der Waals surface area contributed by atoms with Gasteiger partial charge < -0.3 is 15.4 Å². The fourth-order valence-corrected chi connectivity index (χ4v) is 3.32. The summed E-state index contributed by atoms with van der Waals surface area (Å²) in [5.74, 6) is 1.55. The molecule has 0 atom stereocenters. The second-order valence-corrected chi connectivity index (χ2v) is 7.52. The lowest BCUT2D eigenvalue weighted by Crippen LogP contribution is -2.18. The van der Waals surface area contributed by atoms with E-state index in [9.17, 15) is 0 Å². The van der Waals surface area contributed by atoms with Crippen LogP contribution in [0.5, 0.6) is 5.75 Å². The maximum atomic E-state index is 5.72. The summed E-state index contributed by atoms with van der Waals surface area (Å²) in [6.45, 7) is 7.34. The first-order chi connectivity index (χ1) is 11.6. The standard InChI is InChI=1S/C19H26N2OS2/c1-4-5-15-12-18(24-13-15)21-19(23)20-16-6-8-17(9-7-16)22-11-10-14(2)3/h6-9,12-14H,4-5,10-11H2,1-3H3,(H2,20,21,23). The highest BCUT2D eigenvalue weighted by molar-refractivity contribution is 7.80. The van der Waals surface area contributed by atoms with Gasteiger partial charge >= 0.3 is 0 Å². The SMILES string of the molecule is CCCc1csc(NC(=S)Nc2ccc(OCCC(C)C)cc2)c1. The van der Waals surface area contributed by atoms with Crippen LogP contribution >= 0.6 is 23.6 Å². The number of nitrogens with one attached hydrogen (secondary N) is 2. The van der Waals surface area contributed by atoms with E-state index in [0.717, 1.165) is 42.3 Å². The molecular weight excluding hydrogens is 336 g/mol. The first kappa shape index (κ1) is 18.7. The van der Waals surface area contributed by atoms with Gasteiger partial charge in [-0.2, -0.15) is 0 Å². The van der Waals surface area contributed by atoms with E-state index in [1.54, 1.807) is 11.3 Å². The van der Waals surface area contributed by atoms with Crippen LogP contribution in [0.2, 0.25) is 0 Å². The van der Waals surface area contributed by atoms with Gasteiger partial charge in [0.1, 0.15) is 5.75 Å². The number of aryl methyl sites for hydroxylation is 1. The van der Waals surface area contributed by atoms with Gasteiger partial charge in [0.15, 0.2) is 5.11 Å². The Balaban J connectivity index is 1.80. The second kappa shape index (κ2) is 9.64.